The SMILES string of the molecule is C=C1CCC2C(C)(C)CCCC2(C)C1CCC(C)=CC(=O)OCC(O)COC(C)=O. The van der Waals surface area contributed by atoms with Gasteiger partial charge >= 0.3 is 11.9 Å². The zero-order valence-corrected chi connectivity index (χ0v) is 19.5. The second kappa shape index (κ2) is 10.1. The molecular formula is C25H40O5. The van der Waals surface area contributed by atoms with Crippen LogP contribution in [0, 0.1) is 22.7 Å². The quantitative estimate of drug-likeness (QED) is 0.341. The van der Waals surface area contributed by atoms with Gasteiger partial charge in [0.1, 0.15) is 19.3 Å². The Kier molecular flexibility index (Phi) is 8.32. The molecule has 0 aromatic carbocycles. The Bertz CT molecular complexity index is 677. The second-order valence-corrected chi connectivity index (χ2v) is 10.3. The number of carbonyl (C=O) groups is 2. The standard InChI is InChI=1S/C25H40O5/c1-17(14-23(28)30-16-20(27)15-29-19(3)26)8-10-21-18(2)9-11-22-24(4,5)12-7-13-25(21,22)6/h14,20-22,27H,2,7-13,15-16H2,1,3-6H3. The van der Waals surface area contributed by atoms with Crippen LogP contribution < -0.4 is 0 Å². The van der Waals surface area contributed by atoms with Gasteiger partial charge in [0.25, 0.3) is 0 Å². The van der Waals surface area contributed by atoms with Gasteiger partial charge in [-0.05, 0) is 68.1 Å². The molecule has 2 aliphatic carbocycles. The molecule has 0 bridgehead atoms. The van der Waals surface area contributed by atoms with E-state index in [0.29, 0.717) is 16.7 Å². The number of aliphatic hydroxyl groups excluding tert-OH is 1. The Hall–Kier alpha value is -1.62. The smallest absolute Gasteiger partial charge is 0.330 e. The van der Waals surface area contributed by atoms with Crippen LogP contribution in [0.1, 0.15) is 79.6 Å². The van der Waals surface area contributed by atoms with E-state index >= 15 is 0 Å². The van der Waals surface area contributed by atoms with Crippen molar-refractivity contribution in [3.8, 4) is 0 Å². The van der Waals surface area contributed by atoms with Crippen molar-refractivity contribution >= 4 is 11.9 Å². The first-order chi connectivity index (χ1) is 14.0. The number of hydrogen-bond donors (Lipinski definition) is 1. The van der Waals surface area contributed by atoms with Crippen LogP contribution in [0.2, 0.25) is 0 Å². The van der Waals surface area contributed by atoms with Crippen molar-refractivity contribution in [3.05, 3.63) is 23.8 Å². The minimum atomic E-state index is -1.01. The first-order valence-electron chi connectivity index (χ1n) is 11.3. The number of rotatable bonds is 8. The maximum Gasteiger partial charge on any atom is 0.330 e. The first kappa shape index (κ1) is 24.6. The van der Waals surface area contributed by atoms with Gasteiger partial charge in [0, 0.05) is 13.0 Å². The Morgan fingerprint density at radius 1 is 1.20 bits per heavy atom. The summed E-state index contributed by atoms with van der Waals surface area (Å²) in [5.41, 5.74) is 3.02. The zero-order valence-electron chi connectivity index (χ0n) is 19.5. The third-order valence-corrected chi connectivity index (χ3v) is 7.41. The predicted octanol–water partition coefficient (Wildman–Crippen LogP) is 4.98. The van der Waals surface area contributed by atoms with Crippen molar-refractivity contribution in [2.45, 2.75) is 85.7 Å². The predicted molar refractivity (Wildman–Crippen MR) is 118 cm³/mol. The summed E-state index contributed by atoms with van der Waals surface area (Å²) in [6.07, 6.45) is 8.54. The van der Waals surface area contributed by atoms with E-state index in [1.165, 1.54) is 44.3 Å². The van der Waals surface area contributed by atoms with E-state index in [4.69, 9.17) is 9.47 Å². The number of hydrogen-bond acceptors (Lipinski definition) is 5. The van der Waals surface area contributed by atoms with Gasteiger partial charge in [0.15, 0.2) is 0 Å². The fraction of sp³-hybridized carbons (Fsp3) is 0.760. The van der Waals surface area contributed by atoms with Gasteiger partial charge in [0.2, 0.25) is 0 Å². The highest BCUT2D eigenvalue weighted by Crippen LogP contribution is 2.61. The second-order valence-electron chi connectivity index (χ2n) is 10.3. The van der Waals surface area contributed by atoms with E-state index in [9.17, 15) is 14.7 Å². The number of allylic oxidation sites excluding steroid dienone is 2. The van der Waals surface area contributed by atoms with Gasteiger partial charge in [-0.2, -0.15) is 0 Å². The van der Waals surface area contributed by atoms with Crippen molar-refractivity contribution in [3.63, 3.8) is 0 Å². The highest BCUT2D eigenvalue weighted by atomic mass is 16.6. The number of esters is 2. The third kappa shape index (κ3) is 6.19. The molecule has 0 radical (unpaired) electrons. The minimum Gasteiger partial charge on any atom is -0.463 e. The van der Waals surface area contributed by atoms with E-state index in [1.807, 2.05) is 6.92 Å². The molecule has 2 aliphatic rings. The highest BCUT2D eigenvalue weighted by Gasteiger charge is 2.52. The lowest BCUT2D eigenvalue weighted by Gasteiger charge is -2.58. The average molecular weight is 421 g/mol. The summed E-state index contributed by atoms with van der Waals surface area (Å²) in [5.74, 6) is 0.264. The number of carbonyl (C=O) groups excluding carboxylic acids is 2. The molecule has 0 aliphatic heterocycles. The molecular weight excluding hydrogens is 380 g/mol. The van der Waals surface area contributed by atoms with Gasteiger partial charge in [-0.15, -0.1) is 0 Å². The van der Waals surface area contributed by atoms with E-state index in [2.05, 4.69) is 27.4 Å². The molecule has 0 heterocycles. The van der Waals surface area contributed by atoms with Crippen LogP contribution >= 0.6 is 0 Å². The fourth-order valence-electron chi connectivity index (χ4n) is 5.93. The summed E-state index contributed by atoms with van der Waals surface area (Å²) in [4.78, 5) is 22.8. The molecule has 170 valence electrons. The Labute approximate surface area is 181 Å². The molecule has 2 fully saturated rings. The monoisotopic (exact) mass is 420 g/mol. The summed E-state index contributed by atoms with van der Waals surface area (Å²) in [7, 11) is 0. The first-order valence-corrected chi connectivity index (χ1v) is 11.3. The van der Waals surface area contributed by atoms with Crippen molar-refractivity contribution < 1.29 is 24.2 Å². The van der Waals surface area contributed by atoms with Gasteiger partial charge in [0.05, 0.1) is 0 Å². The maximum atomic E-state index is 12.1. The summed E-state index contributed by atoms with van der Waals surface area (Å²) < 4.78 is 9.77. The van der Waals surface area contributed by atoms with Crippen molar-refractivity contribution in [1.29, 1.82) is 0 Å². The lowest BCUT2D eigenvalue weighted by molar-refractivity contribution is -0.148. The number of aliphatic hydroxyl groups is 1. The van der Waals surface area contributed by atoms with Crippen LogP contribution in [-0.4, -0.2) is 36.4 Å². The lowest BCUT2D eigenvalue weighted by atomic mass is 9.47. The van der Waals surface area contributed by atoms with Crippen molar-refractivity contribution in [2.75, 3.05) is 13.2 Å². The molecule has 0 saturated heterocycles. The van der Waals surface area contributed by atoms with Crippen LogP contribution in [0.5, 0.6) is 0 Å². The van der Waals surface area contributed by atoms with Crippen LogP contribution in [0.15, 0.2) is 23.8 Å². The molecule has 0 spiro atoms. The van der Waals surface area contributed by atoms with Gasteiger partial charge in [-0.25, -0.2) is 4.79 Å². The minimum absolute atomic E-state index is 0.175. The summed E-state index contributed by atoms with van der Waals surface area (Å²) >= 11 is 0. The topological polar surface area (TPSA) is 72.8 Å². The molecule has 4 atom stereocenters. The molecule has 0 aromatic rings. The Morgan fingerprint density at radius 2 is 1.87 bits per heavy atom. The van der Waals surface area contributed by atoms with E-state index < -0.39 is 18.0 Å². The normalized spacial score (nSPS) is 29.7. The van der Waals surface area contributed by atoms with Gasteiger partial charge < -0.3 is 14.6 Å². The summed E-state index contributed by atoms with van der Waals surface area (Å²) in [6.45, 7) is 14.6. The Balaban J connectivity index is 1.90. The highest BCUT2D eigenvalue weighted by molar-refractivity contribution is 5.82. The molecule has 30 heavy (non-hydrogen) atoms. The number of fused-ring (bicyclic) bond motifs is 1. The van der Waals surface area contributed by atoms with E-state index in [-0.39, 0.29) is 13.2 Å². The molecule has 1 N–H and O–H groups in total. The van der Waals surface area contributed by atoms with Gasteiger partial charge in [-0.3, -0.25) is 4.79 Å². The molecule has 0 amide bonds. The van der Waals surface area contributed by atoms with Crippen LogP contribution in [0.25, 0.3) is 0 Å². The zero-order chi connectivity index (χ0) is 22.5. The molecule has 2 saturated carbocycles. The van der Waals surface area contributed by atoms with Gasteiger partial charge in [-0.1, -0.05) is 44.9 Å². The summed E-state index contributed by atoms with van der Waals surface area (Å²) in [6, 6.07) is 0. The molecule has 0 aromatic heterocycles. The molecule has 4 unspecified atom stereocenters. The third-order valence-electron chi connectivity index (χ3n) is 7.41. The summed E-state index contributed by atoms with van der Waals surface area (Å²) in [5, 5.41) is 9.68. The average Bonchev–Trinajstić information content (AvgIpc) is 2.63. The molecule has 5 heteroatoms. The largest absolute Gasteiger partial charge is 0.463 e. The Morgan fingerprint density at radius 3 is 2.53 bits per heavy atom. The lowest BCUT2D eigenvalue weighted by Crippen LogP contribution is -2.49. The fourth-order valence-corrected chi connectivity index (χ4v) is 5.93. The van der Waals surface area contributed by atoms with Crippen LogP contribution in [-0.2, 0) is 19.1 Å². The van der Waals surface area contributed by atoms with Crippen LogP contribution in [0.3, 0.4) is 0 Å². The maximum absolute atomic E-state index is 12.1. The van der Waals surface area contributed by atoms with E-state index in [0.717, 1.165) is 30.8 Å². The molecule has 2 rings (SSSR count). The molecule has 5 nitrogen and oxygen atoms in total. The van der Waals surface area contributed by atoms with E-state index in [1.54, 1.807) is 0 Å². The van der Waals surface area contributed by atoms with Crippen molar-refractivity contribution in [2.24, 2.45) is 22.7 Å². The number of ether oxygens (including phenoxy) is 2. The van der Waals surface area contributed by atoms with Crippen LogP contribution in [0.4, 0.5) is 0 Å². The van der Waals surface area contributed by atoms with Crippen molar-refractivity contribution in [1.82, 2.24) is 0 Å².